The topological polar surface area (TPSA) is 82.6 Å². The molecule has 42 heavy (non-hydrogen) atoms. The molecule has 0 radical (unpaired) electrons. The maximum Gasteiger partial charge on any atom is 0.309 e. The number of Topliss-reactive ketones (excluding diaryl/α,β-unsaturated/α-hetero) is 1. The molecule has 238 valence electrons. The second-order valence-corrected chi connectivity index (χ2v) is 20.9. The van der Waals surface area contributed by atoms with E-state index in [2.05, 4.69) is 67.8 Å². The Morgan fingerprint density at radius 3 is 2.26 bits per heavy atom. The Balaban J connectivity index is 3.28. The number of hydrogen-bond donors (Lipinski definition) is 0. The molecule has 0 aromatic carbocycles. The van der Waals surface area contributed by atoms with Gasteiger partial charge in [0.2, 0.25) is 0 Å². The molecule has 1 aromatic heterocycles. The molecule has 0 saturated carbocycles. The van der Waals surface area contributed by atoms with E-state index in [1.165, 1.54) is 5.57 Å². The summed E-state index contributed by atoms with van der Waals surface area (Å²) in [6.45, 7) is 24.2. The first kappa shape index (κ1) is 38.6. The Morgan fingerprint density at radius 1 is 1.14 bits per heavy atom. The van der Waals surface area contributed by atoms with E-state index in [1.807, 2.05) is 53.0 Å². The summed E-state index contributed by atoms with van der Waals surface area (Å²) in [7, 11) is -2.31. The van der Waals surface area contributed by atoms with Gasteiger partial charge in [-0.25, -0.2) is 4.98 Å². The number of carbonyl (C=O) groups excluding carboxylic acids is 3. The predicted octanol–water partition coefficient (Wildman–Crippen LogP) is 9.27. The van der Waals surface area contributed by atoms with Gasteiger partial charge in [0.15, 0.2) is 14.1 Å². The Labute approximate surface area is 268 Å². The van der Waals surface area contributed by atoms with Crippen molar-refractivity contribution in [3.05, 3.63) is 33.3 Å². The number of nitrogens with zero attached hydrogens (tertiary/aromatic N) is 1. The molecular weight excluding hydrogens is 630 g/mol. The van der Waals surface area contributed by atoms with Gasteiger partial charge in [0.1, 0.15) is 12.4 Å². The average Bonchev–Trinajstić information content (AvgIpc) is 3.28. The first-order chi connectivity index (χ1) is 19.2. The summed E-state index contributed by atoms with van der Waals surface area (Å²) < 4.78 is 12.9. The van der Waals surface area contributed by atoms with Crippen molar-refractivity contribution in [3.63, 3.8) is 0 Å². The molecule has 0 amide bonds. The second-order valence-electron chi connectivity index (χ2n) is 13.7. The molecule has 0 saturated heterocycles. The van der Waals surface area contributed by atoms with Gasteiger partial charge in [-0.3, -0.25) is 9.59 Å². The van der Waals surface area contributed by atoms with Crippen molar-refractivity contribution >= 4 is 59.7 Å². The van der Waals surface area contributed by atoms with Gasteiger partial charge in [-0.1, -0.05) is 69.1 Å². The van der Waals surface area contributed by atoms with Crippen LogP contribution in [0.1, 0.15) is 105 Å². The third kappa shape index (κ3) is 12.3. The van der Waals surface area contributed by atoms with Crippen LogP contribution < -0.4 is 0 Å². The van der Waals surface area contributed by atoms with Crippen LogP contribution in [-0.4, -0.2) is 48.4 Å². The number of alkyl halides is 1. The molecule has 1 aromatic rings. The van der Waals surface area contributed by atoms with Crippen molar-refractivity contribution in [2.24, 2.45) is 11.3 Å². The fourth-order valence-electron chi connectivity index (χ4n) is 4.29. The number of aromatic nitrogens is 1. The maximum atomic E-state index is 13.6. The van der Waals surface area contributed by atoms with E-state index in [0.717, 1.165) is 41.8 Å². The number of allylic oxidation sites excluding steroid dienone is 1. The quantitative estimate of drug-likeness (QED) is 0.0535. The average molecular weight is 685 g/mol. The van der Waals surface area contributed by atoms with Crippen LogP contribution in [0, 0.1) is 18.3 Å². The van der Waals surface area contributed by atoms with Gasteiger partial charge in [-0.15, -0.1) is 11.3 Å². The van der Waals surface area contributed by atoms with E-state index >= 15 is 0 Å². The van der Waals surface area contributed by atoms with Gasteiger partial charge in [0.25, 0.3) is 0 Å². The summed E-state index contributed by atoms with van der Waals surface area (Å²) in [6, 6.07) is 0. The maximum absolute atomic E-state index is 13.6. The number of aryl methyl sites for hydroxylation is 1. The fourth-order valence-corrected chi connectivity index (χ4v) is 6.89. The van der Waals surface area contributed by atoms with Crippen molar-refractivity contribution in [1.29, 1.82) is 0 Å². The highest BCUT2D eigenvalue weighted by atomic mass is 79.9. The summed E-state index contributed by atoms with van der Waals surface area (Å²) in [4.78, 5) is 42.0. The minimum atomic E-state index is -2.31. The lowest BCUT2D eigenvalue weighted by Crippen LogP contribution is -2.51. The molecule has 6 nitrogen and oxygen atoms in total. The number of ether oxygens (including phenoxy) is 1. The number of thiazole rings is 1. The molecular formula is C33H54BrNO5SSi. The van der Waals surface area contributed by atoms with Gasteiger partial charge >= 0.3 is 5.97 Å². The zero-order valence-corrected chi connectivity index (χ0v) is 31.3. The summed E-state index contributed by atoms with van der Waals surface area (Å²) in [5.74, 6) is -0.337. The number of carbonyl (C=O) groups is 3. The van der Waals surface area contributed by atoms with Crippen LogP contribution in [-0.2, 0) is 23.5 Å². The summed E-state index contributed by atoms with van der Waals surface area (Å²) in [6.07, 6.45) is 7.17. The van der Waals surface area contributed by atoms with Gasteiger partial charge in [-0.2, -0.15) is 0 Å². The van der Waals surface area contributed by atoms with E-state index in [-0.39, 0.29) is 34.0 Å². The summed E-state index contributed by atoms with van der Waals surface area (Å²) in [5.41, 5.74) is 2.05. The summed E-state index contributed by atoms with van der Waals surface area (Å²) in [5, 5.41) is 2.88. The van der Waals surface area contributed by atoms with Crippen LogP contribution >= 0.6 is 27.3 Å². The van der Waals surface area contributed by atoms with Gasteiger partial charge in [0, 0.05) is 23.1 Å². The highest BCUT2D eigenvalue weighted by molar-refractivity contribution is 9.10. The lowest BCUT2D eigenvalue weighted by Gasteiger charge is -2.43. The highest BCUT2D eigenvalue weighted by Crippen LogP contribution is 2.41. The number of rotatable bonds is 17. The standard InChI is InChI=1S/C33H54BrNO5SSi/c1-22(14-13-15-23(2)20-36)16-17-28(24(3)18-27-21-41-26(5)35-27)39-30(37)19-29(33(9,10)31(38)25(4)34)40-42(11,12)32(6,7)8/h16,18,20-21,23,25,28-29H,13-15,17,19H2,1-12H3/t23-,25?,28-,29-/m0/s1. The van der Waals surface area contributed by atoms with Crippen molar-refractivity contribution in [2.75, 3.05) is 0 Å². The molecule has 0 bridgehead atoms. The second kappa shape index (κ2) is 16.6. The first-order valence-corrected chi connectivity index (χ1v) is 19.7. The van der Waals surface area contributed by atoms with Crippen molar-refractivity contribution in [3.8, 4) is 0 Å². The zero-order valence-electron chi connectivity index (χ0n) is 27.9. The van der Waals surface area contributed by atoms with Crippen molar-refractivity contribution < 1.29 is 23.5 Å². The number of esters is 1. The Morgan fingerprint density at radius 2 is 1.76 bits per heavy atom. The monoisotopic (exact) mass is 683 g/mol. The fraction of sp³-hybridized carbons (Fsp3) is 0.697. The zero-order chi connectivity index (χ0) is 32.5. The summed E-state index contributed by atoms with van der Waals surface area (Å²) >= 11 is 5.02. The van der Waals surface area contributed by atoms with Crippen LogP contribution in [0.3, 0.4) is 0 Å². The van der Waals surface area contributed by atoms with Crippen LogP contribution in [0.5, 0.6) is 0 Å². The third-order valence-corrected chi connectivity index (χ3v) is 14.0. The molecule has 1 heterocycles. The normalized spacial score (nSPS) is 16.5. The van der Waals surface area contributed by atoms with Crippen LogP contribution in [0.25, 0.3) is 6.08 Å². The predicted molar refractivity (Wildman–Crippen MR) is 182 cm³/mol. The van der Waals surface area contributed by atoms with E-state index in [4.69, 9.17) is 9.16 Å². The van der Waals surface area contributed by atoms with Crippen LogP contribution in [0.15, 0.2) is 22.6 Å². The van der Waals surface area contributed by atoms with E-state index in [0.29, 0.717) is 6.42 Å². The highest BCUT2D eigenvalue weighted by Gasteiger charge is 2.47. The molecule has 9 heteroatoms. The van der Waals surface area contributed by atoms with Crippen LogP contribution in [0.4, 0.5) is 0 Å². The molecule has 1 unspecified atom stereocenters. The Kier molecular flexibility index (Phi) is 15.3. The smallest absolute Gasteiger partial charge is 0.309 e. The van der Waals surface area contributed by atoms with Crippen molar-refractivity contribution in [1.82, 2.24) is 4.98 Å². The Bertz CT molecular complexity index is 1120. The first-order valence-electron chi connectivity index (χ1n) is 15.0. The molecule has 4 atom stereocenters. The lowest BCUT2D eigenvalue weighted by atomic mass is 9.79. The number of halogens is 1. The molecule has 0 aliphatic heterocycles. The number of aldehydes is 1. The molecule has 1 rings (SSSR count). The number of ketones is 1. The molecule has 0 aliphatic carbocycles. The van der Waals surface area contributed by atoms with E-state index in [1.54, 1.807) is 11.3 Å². The van der Waals surface area contributed by atoms with Crippen LogP contribution in [0.2, 0.25) is 18.1 Å². The minimum Gasteiger partial charge on any atom is -0.457 e. The van der Waals surface area contributed by atoms with Crippen molar-refractivity contribution in [2.45, 2.75) is 137 Å². The lowest BCUT2D eigenvalue weighted by molar-refractivity contribution is -0.152. The van der Waals surface area contributed by atoms with E-state index in [9.17, 15) is 14.4 Å². The van der Waals surface area contributed by atoms with Gasteiger partial charge in [-0.05, 0) is 76.7 Å². The van der Waals surface area contributed by atoms with E-state index < -0.39 is 25.9 Å². The number of hydrogen-bond acceptors (Lipinski definition) is 7. The minimum absolute atomic E-state index is 0.00649. The Hall–Kier alpha value is -1.42. The largest absolute Gasteiger partial charge is 0.457 e. The molecule has 0 spiro atoms. The van der Waals surface area contributed by atoms with Gasteiger partial charge < -0.3 is 14.0 Å². The third-order valence-electron chi connectivity index (χ3n) is 8.33. The molecule has 0 aliphatic rings. The molecule has 0 N–H and O–H groups in total. The molecule has 0 fully saturated rings. The SMILES string of the molecule is CC(=CC[C@H](OC(=O)C[C@H](O[Si](C)(C)C(C)(C)C)C(C)(C)C(=O)C(C)Br)C(C)=Cc1csc(C)n1)CCC[C@H](C)C=O. The van der Waals surface area contributed by atoms with Gasteiger partial charge in [0.05, 0.1) is 28.1 Å².